The second kappa shape index (κ2) is 9.75. The summed E-state index contributed by atoms with van der Waals surface area (Å²) in [6.07, 6.45) is 1.79. The number of aliphatic carboxylic acids is 1. The average molecular weight is 425 g/mol. The summed E-state index contributed by atoms with van der Waals surface area (Å²) >= 11 is 0. The van der Waals surface area contributed by atoms with E-state index in [1.165, 1.54) is 6.33 Å². The first-order valence-corrected chi connectivity index (χ1v) is 10.2. The number of ether oxygens (including phenoxy) is 1. The van der Waals surface area contributed by atoms with Crippen LogP contribution in [0.25, 0.3) is 22.4 Å². The van der Waals surface area contributed by atoms with Crippen molar-refractivity contribution < 1.29 is 14.6 Å². The van der Waals surface area contributed by atoms with Crippen LogP contribution in [0.3, 0.4) is 0 Å². The Morgan fingerprint density at radius 1 is 0.906 bits per heavy atom. The van der Waals surface area contributed by atoms with Crippen molar-refractivity contribution in [3.63, 3.8) is 0 Å². The summed E-state index contributed by atoms with van der Waals surface area (Å²) in [6, 6.07) is 26.4. The summed E-state index contributed by atoms with van der Waals surface area (Å²) in [6.45, 7) is 0. The minimum Gasteiger partial charge on any atom is -0.497 e. The third-order valence-corrected chi connectivity index (χ3v) is 5.15. The van der Waals surface area contributed by atoms with E-state index < -0.39 is 12.0 Å². The Balaban J connectivity index is 1.52. The summed E-state index contributed by atoms with van der Waals surface area (Å²) < 4.78 is 5.30. The molecular weight excluding hydrogens is 402 g/mol. The Labute approximate surface area is 186 Å². The van der Waals surface area contributed by atoms with Crippen LogP contribution in [0.4, 0.5) is 5.82 Å². The van der Waals surface area contributed by atoms with E-state index in [-0.39, 0.29) is 0 Å². The van der Waals surface area contributed by atoms with E-state index in [0.29, 0.717) is 17.9 Å². The SMILES string of the molecule is COc1cccc(-c2ccc(-c3cc(N[C@@H](Cc4ccccc4)C(=O)O)ncn3)cc2)c1. The molecule has 32 heavy (non-hydrogen) atoms. The van der Waals surface area contributed by atoms with Gasteiger partial charge in [0.25, 0.3) is 0 Å². The lowest BCUT2D eigenvalue weighted by molar-refractivity contribution is -0.137. The highest BCUT2D eigenvalue weighted by Gasteiger charge is 2.18. The number of rotatable bonds is 8. The van der Waals surface area contributed by atoms with Gasteiger partial charge in [0.15, 0.2) is 0 Å². The van der Waals surface area contributed by atoms with E-state index in [9.17, 15) is 9.90 Å². The van der Waals surface area contributed by atoms with Gasteiger partial charge in [0.2, 0.25) is 0 Å². The first-order chi connectivity index (χ1) is 15.6. The lowest BCUT2D eigenvalue weighted by Crippen LogP contribution is -2.31. The van der Waals surface area contributed by atoms with Crippen molar-refractivity contribution in [2.75, 3.05) is 12.4 Å². The molecule has 0 saturated carbocycles. The minimum atomic E-state index is -0.934. The molecule has 4 aromatic rings. The molecule has 0 aliphatic rings. The Morgan fingerprint density at radius 2 is 1.66 bits per heavy atom. The largest absolute Gasteiger partial charge is 0.497 e. The van der Waals surface area contributed by atoms with Gasteiger partial charge < -0.3 is 15.2 Å². The maximum Gasteiger partial charge on any atom is 0.326 e. The van der Waals surface area contributed by atoms with Gasteiger partial charge in [-0.15, -0.1) is 0 Å². The zero-order valence-corrected chi connectivity index (χ0v) is 17.6. The molecule has 0 spiro atoms. The number of nitrogens with one attached hydrogen (secondary N) is 1. The smallest absolute Gasteiger partial charge is 0.326 e. The molecule has 0 aliphatic carbocycles. The fourth-order valence-corrected chi connectivity index (χ4v) is 3.46. The fourth-order valence-electron chi connectivity index (χ4n) is 3.46. The standard InChI is InChI=1S/C26H23N3O3/c1-32-22-9-5-8-21(15-22)19-10-12-20(13-11-19)23-16-25(28-17-27-23)29-24(26(30)31)14-18-6-3-2-4-7-18/h2-13,15-17,24H,14H2,1H3,(H,30,31)(H,27,28,29)/t24-/m0/s1. The monoisotopic (exact) mass is 425 g/mol. The molecule has 1 heterocycles. The summed E-state index contributed by atoms with van der Waals surface area (Å²) in [7, 11) is 1.65. The number of benzene rings is 3. The molecule has 0 amide bonds. The van der Waals surface area contributed by atoms with Gasteiger partial charge in [0.1, 0.15) is 23.9 Å². The molecule has 0 fully saturated rings. The van der Waals surface area contributed by atoms with Gasteiger partial charge in [-0.1, -0.05) is 66.7 Å². The van der Waals surface area contributed by atoms with Crippen LogP contribution in [0, 0.1) is 0 Å². The fraction of sp³-hybridized carbons (Fsp3) is 0.115. The molecular formula is C26H23N3O3. The van der Waals surface area contributed by atoms with Gasteiger partial charge in [0, 0.05) is 18.1 Å². The predicted molar refractivity (Wildman–Crippen MR) is 125 cm³/mol. The van der Waals surface area contributed by atoms with Crippen molar-refractivity contribution in [2.45, 2.75) is 12.5 Å². The molecule has 0 aliphatic heterocycles. The van der Waals surface area contributed by atoms with Crippen LogP contribution in [0.15, 0.2) is 91.3 Å². The van der Waals surface area contributed by atoms with Crippen molar-refractivity contribution in [2.24, 2.45) is 0 Å². The predicted octanol–water partition coefficient (Wildman–Crippen LogP) is 4.93. The van der Waals surface area contributed by atoms with E-state index in [1.54, 1.807) is 13.2 Å². The van der Waals surface area contributed by atoms with Crippen LogP contribution < -0.4 is 10.1 Å². The molecule has 0 saturated heterocycles. The Hall–Kier alpha value is -4.19. The summed E-state index contributed by atoms with van der Waals surface area (Å²) in [5.74, 6) is 0.341. The molecule has 0 bridgehead atoms. The van der Waals surface area contributed by atoms with Gasteiger partial charge in [-0.2, -0.15) is 0 Å². The van der Waals surface area contributed by atoms with Crippen molar-refractivity contribution in [1.29, 1.82) is 0 Å². The summed E-state index contributed by atoms with van der Waals surface area (Å²) in [5, 5.41) is 12.7. The van der Waals surface area contributed by atoms with E-state index in [0.717, 1.165) is 28.0 Å². The topological polar surface area (TPSA) is 84.3 Å². The Kier molecular flexibility index (Phi) is 6.41. The van der Waals surface area contributed by atoms with Crippen molar-refractivity contribution in [3.8, 4) is 28.1 Å². The van der Waals surface area contributed by atoms with Gasteiger partial charge >= 0.3 is 5.97 Å². The zero-order valence-electron chi connectivity index (χ0n) is 17.6. The summed E-state index contributed by atoms with van der Waals surface area (Å²) in [4.78, 5) is 20.3. The van der Waals surface area contributed by atoms with Crippen molar-refractivity contribution >= 4 is 11.8 Å². The lowest BCUT2D eigenvalue weighted by atomic mass is 10.0. The Bertz CT molecular complexity index is 1190. The van der Waals surface area contributed by atoms with Crippen LogP contribution in [0.2, 0.25) is 0 Å². The van der Waals surface area contributed by atoms with Gasteiger partial charge in [-0.3, -0.25) is 0 Å². The molecule has 0 radical (unpaired) electrons. The third kappa shape index (κ3) is 5.10. The maximum atomic E-state index is 11.8. The summed E-state index contributed by atoms with van der Waals surface area (Å²) in [5.41, 5.74) is 4.69. The highest BCUT2D eigenvalue weighted by molar-refractivity contribution is 5.78. The molecule has 4 rings (SSSR count). The lowest BCUT2D eigenvalue weighted by Gasteiger charge is -2.15. The number of aromatic nitrogens is 2. The minimum absolute atomic E-state index is 0.352. The highest BCUT2D eigenvalue weighted by Crippen LogP contribution is 2.27. The van der Waals surface area contributed by atoms with E-state index >= 15 is 0 Å². The molecule has 3 aromatic carbocycles. The number of carboxylic acid groups (broad SMARTS) is 1. The number of carboxylic acids is 1. The molecule has 0 unspecified atom stereocenters. The molecule has 6 heteroatoms. The number of carbonyl (C=O) groups is 1. The Morgan fingerprint density at radius 3 is 2.38 bits per heavy atom. The normalized spacial score (nSPS) is 11.5. The number of hydrogen-bond donors (Lipinski definition) is 2. The van der Waals surface area contributed by atoms with Crippen molar-refractivity contribution in [1.82, 2.24) is 9.97 Å². The van der Waals surface area contributed by atoms with Crippen molar-refractivity contribution in [3.05, 3.63) is 96.8 Å². The first kappa shape index (κ1) is 21.1. The van der Waals surface area contributed by atoms with Gasteiger partial charge in [-0.05, 0) is 28.8 Å². The average Bonchev–Trinajstić information content (AvgIpc) is 2.84. The van der Waals surface area contributed by atoms with Gasteiger partial charge in [0.05, 0.1) is 12.8 Å². The second-order valence-corrected chi connectivity index (χ2v) is 7.32. The molecule has 1 atom stereocenters. The number of nitrogens with zero attached hydrogens (tertiary/aromatic N) is 2. The van der Waals surface area contributed by atoms with Crippen LogP contribution in [-0.4, -0.2) is 34.2 Å². The zero-order chi connectivity index (χ0) is 22.3. The number of hydrogen-bond acceptors (Lipinski definition) is 5. The number of anilines is 1. The number of methoxy groups -OCH3 is 1. The van der Waals surface area contributed by atoms with E-state index in [1.807, 2.05) is 78.9 Å². The van der Waals surface area contributed by atoms with Crippen LogP contribution in [-0.2, 0) is 11.2 Å². The molecule has 6 nitrogen and oxygen atoms in total. The molecule has 2 N–H and O–H groups in total. The van der Waals surface area contributed by atoms with Crippen LogP contribution >= 0.6 is 0 Å². The maximum absolute atomic E-state index is 11.8. The first-order valence-electron chi connectivity index (χ1n) is 10.2. The van der Waals surface area contributed by atoms with E-state index in [2.05, 4.69) is 15.3 Å². The van der Waals surface area contributed by atoms with Gasteiger partial charge in [-0.25, -0.2) is 14.8 Å². The van der Waals surface area contributed by atoms with E-state index in [4.69, 9.17) is 4.74 Å². The van der Waals surface area contributed by atoms with Crippen LogP contribution in [0.5, 0.6) is 5.75 Å². The quantitative estimate of drug-likeness (QED) is 0.417. The second-order valence-electron chi connectivity index (χ2n) is 7.32. The molecule has 160 valence electrons. The third-order valence-electron chi connectivity index (χ3n) is 5.15. The highest BCUT2D eigenvalue weighted by atomic mass is 16.5. The van der Waals surface area contributed by atoms with Crippen LogP contribution in [0.1, 0.15) is 5.56 Å². The molecule has 1 aromatic heterocycles.